The van der Waals surface area contributed by atoms with Crippen molar-refractivity contribution in [3.05, 3.63) is 29.3 Å². The topological polar surface area (TPSA) is 38.3 Å². The Bertz CT molecular complexity index is 473. The minimum Gasteiger partial charge on any atom is -0.444 e. The molecule has 0 unspecified atom stereocenters. The van der Waals surface area contributed by atoms with Crippen molar-refractivity contribution in [1.82, 2.24) is 0 Å². The van der Waals surface area contributed by atoms with Crippen LogP contribution in [0.2, 0.25) is 0 Å². The second-order valence-corrected chi connectivity index (χ2v) is 6.44. The van der Waals surface area contributed by atoms with Crippen LogP contribution in [0.5, 0.6) is 0 Å². The van der Waals surface area contributed by atoms with Crippen molar-refractivity contribution in [2.24, 2.45) is 0 Å². The van der Waals surface area contributed by atoms with E-state index in [-0.39, 0.29) is 16.9 Å². The van der Waals surface area contributed by atoms with Crippen LogP contribution in [0, 0.1) is 13.8 Å². The smallest absolute Gasteiger partial charge is 0.411 e. The van der Waals surface area contributed by atoms with E-state index in [0.29, 0.717) is 6.42 Å². The van der Waals surface area contributed by atoms with Gasteiger partial charge in [0, 0.05) is 17.5 Å². The van der Waals surface area contributed by atoms with E-state index in [2.05, 4.69) is 5.32 Å². The van der Waals surface area contributed by atoms with Crippen molar-refractivity contribution in [1.29, 1.82) is 0 Å². The molecule has 0 saturated heterocycles. The van der Waals surface area contributed by atoms with E-state index >= 15 is 0 Å². The number of amides is 1. The number of halogens is 2. The third-order valence-electron chi connectivity index (χ3n) is 3.61. The number of carbonyl (C=O) groups is 1. The van der Waals surface area contributed by atoms with E-state index in [0.717, 1.165) is 29.7 Å². The zero-order valence-corrected chi connectivity index (χ0v) is 13.2. The monoisotopic (exact) mass is 315 g/mol. The van der Waals surface area contributed by atoms with Gasteiger partial charge < -0.3 is 4.74 Å². The predicted octanol–water partition coefficient (Wildman–Crippen LogP) is 4.62. The maximum atomic E-state index is 12.0. The Balaban J connectivity index is 1.98. The molecule has 0 aromatic heterocycles. The summed E-state index contributed by atoms with van der Waals surface area (Å²) in [5.74, 6) is 0. The molecule has 2 rings (SSSR count). The number of anilines is 1. The molecule has 3 nitrogen and oxygen atoms in total. The van der Waals surface area contributed by atoms with Crippen LogP contribution >= 0.6 is 23.2 Å². The number of ether oxygens (including phenoxy) is 1. The Kier molecular flexibility index (Phi) is 5.17. The maximum Gasteiger partial charge on any atom is 0.411 e. The number of para-hydroxylation sites is 1. The first kappa shape index (κ1) is 15.5. The van der Waals surface area contributed by atoms with E-state index < -0.39 is 6.09 Å². The lowest BCUT2D eigenvalue weighted by molar-refractivity contribution is 0.0902. The molecule has 1 amide bonds. The minimum atomic E-state index is -0.469. The van der Waals surface area contributed by atoms with Crippen molar-refractivity contribution in [3.8, 4) is 0 Å². The highest BCUT2D eigenvalue weighted by atomic mass is 35.5. The molecule has 1 N–H and O–H groups in total. The first-order chi connectivity index (χ1) is 9.47. The fourth-order valence-corrected chi connectivity index (χ4v) is 3.03. The van der Waals surface area contributed by atoms with Gasteiger partial charge in [-0.3, -0.25) is 5.32 Å². The van der Waals surface area contributed by atoms with Crippen molar-refractivity contribution < 1.29 is 9.53 Å². The first-order valence-electron chi connectivity index (χ1n) is 6.79. The minimum absolute atomic E-state index is 0.0306. The van der Waals surface area contributed by atoms with Crippen LogP contribution in [0.25, 0.3) is 0 Å². The summed E-state index contributed by atoms with van der Waals surface area (Å²) in [7, 11) is 0. The predicted molar refractivity (Wildman–Crippen MR) is 82.9 cm³/mol. The van der Waals surface area contributed by atoms with Gasteiger partial charge in [-0.05, 0) is 37.8 Å². The first-order valence-corrected chi connectivity index (χ1v) is 7.66. The summed E-state index contributed by atoms with van der Waals surface area (Å²) >= 11 is 12.3. The lowest BCUT2D eigenvalue weighted by Crippen LogP contribution is -2.36. The molecule has 110 valence electrons. The summed E-state index contributed by atoms with van der Waals surface area (Å²) in [5, 5.41) is 2.67. The van der Waals surface area contributed by atoms with Crippen LogP contribution in [0.3, 0.4) is 0 Å². The molecule has 5 heteroatoms. The summed E-state index contributed by atoms with van der Waals surface area (Å²) in [6, 6.07) is 5.85. The molecule has 1 aromatic carbocycles. The lowest BCUT2D eigenvalue weighted by Gasteiger charge is -2.29. The Morgan fingerprint density at radius 1 is 1.25 bits per heavy atom. The molecular weight excluding hydrogens is 297 g/mol. The van der Waals surface area contributed by atoms with Crippen LogP contribution < -0.4 is 5.32 Å². The van der Waals surface area contributed by atoms with Gasteiger partial charge in [0.2, 0.25) is 0 Å². The van der Waals surface area contributed by atoms with Crippen molar-refractivity contribution in [2.75, 3.05) is 5.32 Å². The molecule has 1 aromatic rings. The number of alkyl halides is 2. The average Bonchev–Trinajstić information content (AvgIpc) is 2.38. The fraction of sp³-hybridized carbons (Fsp3) is 0.533. The molecular formula is C15H19Cl2NO2. The van der Waals surface area contributed by atoms with E-state index in [1.165, 1.54) is 0 Å². The largest absolute Gasteiger partial charge is 0.444 e. The number of hydrogen-bond donors (Lipinski definition) is 1. The Morgan fingerprint density at radius 2 is 1.90 bits per heavy atom. The van der Waals surface area contributed by atoms with E-state index in [1.807, 2.05) is 32.0 Å². The normalized spacial score (nSPS) is 26.1. The van der Waals surface area contributed by atoms with Crippen LogP contribution in [0.4, 0.5) is 10.5 Å². The van der Waals surface area contributed by atoms with Gasteiger partial charge in [0.15, 0.2) is 0 Å². The second kappa shape index (κ2) is 6.68. The van der Waals surface area contributed by atoms with Gasteiger partial charge in [0.05, 0.1) is 5.38 Å². The SMILES string of the molecule is Cc1cccc(C)c1NC(=O)O[C@@H]1C[C@@H](Cl)CC[C@H]1Cl. The van der Waals surface area contributed by atoms with Crippen molar-refractivity contribution in [2.45, 2.75) is 50.0 Å². The molecule has 1 fully saturated rings. The molecule has 20 heavy (non-hydrogen) atoms. The number of nitrogens with one attached hydrogen (secondary N) is 1. The number of aryl methyl sites for hydroxylation is 2. The number of carbonyl (C=O) groups excluding carboxylic acids is 1. The molecule has 1 aliphatic rings. The Morgan fingerprint density at radius 3 is 2.55 bits per heavy atom. The maximum absolute atomic E-state index is 12.0. The van der Waals surface area contributed by atoms with E-state index in [1.54, 1.807) is 0 Å². The highest BCUT2D eigenvalue weighted by Gasteiger charge is 2.31. The molecule has 1 saturated carbocycles. The molecule has 0 heterocycles. The summed E-state index contributed by atoms with van der Waals surface area (Å²) in [6.45, 7) is 3.89. The fourth-order valence-electron chi connectivity index (χ4n) is 2.45. The second-order valence-electron chi connectivity index (χ2n) is 5.26. The highest BCUT2D eigenvalue weighted by molar-refractivity contribution is 6.22. The van der Waals surface area contributed by atoms with E-state index in [4.69, 9.17) is 27.9 Å². The van der Waals surface area contributed by atoms with Crippen LogP contribution in [-0.2, 0) is 4.74 Å². The Hall–Kier alpha value is -0.930. The molecule has 0 spiro atoms. The average molecular weight is 316 g/mol. The third-order valence-corrected chi connectivity index (χ3v) is 4.51. The summed E-state index contributed by atoms with van der Waals surface area (Å²) < 4.78 is 5.42. The molecule has 1 aliphatic carbocycles. The lowest BCUT2D eigenvalue weighted by atomic mass is 9.97. The van der Waals surface area contributed by atoms with Crippen LogP contribution in [-0.4, -0.2) is 23.0 Å². The van der Waals surface area contributed by atoms with Gasteiger partial charge in [0.25, 0.3) is 0 Å². The number of rotatable bonds is 2. The molecule has 0 radical (unpaired) electrons. The molecule has 0 aliphatic heterocycles. The van der Waals surface area contributed by atoms with Gasteiger partial charge in [0.1, 0.15) is 6.10 Å². The van der Waals surface area contributed by atoms with Crippen molar-refractivity contribution in [3.63, 3.8) is 0 Å². The number of hydrogen-bond acceptors (Lipinski definition) is 2. The van der Waals surface area contributed by atoms with Gasteiger partial charge in [-0.1, -0.05) is 18.2 Å². The molecule has 3 atom stereocenters. The van der Waals surface area contributed by atoms with Crippen molar-refractivity contribution >= 4 is 35.0 Å². The summed E-state index contributed by atoms with van der Waals surface area (Å²) in [4.78, 5) is 12.0. The number of benzene rings is 1. The van der Waals surface area contributed by atoms with Gasteiger partial charge in [-0.2, -0.15) is 0 Å². The third kappa shape index (κ3) is 3.80. The van der Waals surface area contributed by atoms with Gasteiger partial charge >= 0.3 is 6.09 Å². The summed E-state index contributed by atoms with van der Waals surface area (Å²) in [6.07, 6.45) is 1.46. The zero-order chi connectivity index (χ0) is 14.7. The van der Waals surface area contributed by atoms with E-state index in [9.17, 15) is 4.79 Å². The highest BCUT2D eigenvalue weighted by Crippen LogP contribution is 2.29. The van der Waals surface area contributed by atoms with Gasteiger partial charge in [-0.25, -0.2) is 4.79 Å². The zero-order valence-electron chi connectivity index (χ0n) is 11.7. The Labute approximate surface area is 129 Å². The summed E-state index contributed by atoms with van der Waals surface area (Å²) in [5.41, 5.74) is 2.80. The standard InChI is InChI=1S/C15H19Cl2NO2/c1-9-4-3-5-10(2)14(9)18-15(19)20-13-8-11(16)6-7-12(13)17/h3-5,11-13H,6-8H2,1-2H3,(H,18,19)/t11-,12+,13+/m0/s1. The van der Waals surface area contributed by atoms with Crippen LogP contribution in [0.1, 0.15) is 30.4 Å². The quantitative estimate of drug-likeness (QED) is 0.809. The van der Waals surface area contributed by atoms with Crippen LogP contribution in [0.15, 0.2) is 18.2 Å². The van der Waals surface area contributed by atoms with Gasteiger partial charge in [-0.15, -0.1) is 23.2 Å². The molecule has 0 bridgehead atoms.